The average molecular weight is 1000 g/mol. The Morgan fingerprint density at radius 2 is 0.729 bits per heavy atom. The minimum atomic E-state index is -1.55. The molecule has 0 aliphatic rings. The zero-order chi connectivity index (χ0) is 54.0. The molecule has 0 aliphatic carbocycles. The summed E-state index contributed by atoms with van der Waals surface area (Å²) in [6, 6.07) is -13.7. The van der Waals surface area contributed by atoms with Crippen molar-refractivity contribution in [3.8, 4) is 0 Å². The van der Waals surface area contributed by atoms with Crippen LogP contribution < -0.4 is 76.1 Å². The Morgan fingerprint density at radius 1 is 0.414 bits per heavy atom. The van der Waals surface area contributed by atoms with E-state index in [1.165, 1.54) is 55.4 Å². The molecule has 0 spiro atoms. The van der Waals surface area contributed by atoms with Crippen LogP contribution in [0.5, 0.6) is 0 Å². The molecule has 29 heteroatoms. The number of hydrogen-bond donors (Lipinski definition) is 16. The highest BCUT2D eigenvalue weighted by molar-refractivity contribution is 5.98. The fourth-order valence-corrected chi connectivity index (χ4v) is 5.72. The quantitative estimate of drug-likeness (QED) is 0.0169. The van der Waals surface area contributed by atoms with E-state index in [1.807, 2.05) is 0 Å². The Kier molecular flexibility index (Phi) is 28.5. The lowest BCUT2D eigenvalue weighted by Crippen LogP contribution is -2.59. The van der Waals surface area contributed by atoms with Crippen LogP contribution >= 0.6 is 0 Å². The summed E-state index contributed by atoms with van der Waals surface area (Å²) in [5, 5.41) is 42.3. The third-order valence-electron chi connectivity index (χ3n) is 10.2. The molecule has 0 bridgehead atoms. The molecule has 70 heavy (non-hydrogen) atoms. The number of aliphatic carboxylic acids is 2. The van der Waals surface area contributed by atoms with E-state index in [0.717, 1.165) is 0 Å². The Bertz CT molecular complexity index is 1900. The molecule has 0 aromatic rings. The van der Waals surface area contributed by atoms with E-state index >= 15 is 0 Å². The van der Waals surface area contributed by atoms with E-state index in [1.54, 1.807) is 0 Å². The van der Waals surface area contributed by atoms with Gasteiger partial charge in [-0.2, -0.15) is 0 Å². The number of unbranched alkanes of at least 4 members (excludes halogenated alkanes) is 1. The first-order valence-corrected chi connectivity index (χ1v) is 22.5. The highest BCUT2D eigenvalue weighted by Gasteiger charge is 2.31. The van der Waals surface area contributed by atoms with Gasteiger partial charge in [0.1, 0.15) is 60.4 Å². The van der Waals surface area contributed by atoms with Crippen molar-refractivity contribution >= 4 is 77.0 Å². The van der Waals surface area contributed by atoms with Crippen LogP contribution in [0.2, 0.25) is 0 Å². The minimum absolute atomic E-state index is 0.111. The molecule has 0 aromatic heterocycles. The van der Waals surface area contributed by atoms with Crippen molar-refractivity contribution in [3.63, 3.8) is 0 Å². The van der Waals surface area contributed by atoms with Crippen LogP contribution in [0.4, 0.5) is 0 Å². The predicted molar refractivity (Wildman–Crippen MR) is 250 cm³/mol. The van der Waals surface area contributed by atoms with Gasteiger partial charge >= 0.3 is 11.9 Å². The van der Waals surface area contributed by atoms with E-state index in [2.05, 4.69) is 58.2 Å². The molecule has 0 rings (SSSR count). The van der Waals surface area contributed by atoms with Crippen molar-refractivity contribution in [2.45, 2.75) is 167 Å². The van der Waals surface area contributed by atoms with Crippen LogP contribution in [-0.4, -0.2) is 167 Å². The van der Waals surface area contributed by atoms with Crippen molar-refractivity contribution in [1.29, 1.82) is 0 Å². The fraction of sp³-hybridized carbons (Fsp3) is 0.683. The number of aliphatic imine (C=N–C) groups is 1. The van der Waals surface area contributed by atoms with Crippen molar-refractivity contribution in [2.75, 3.05) is 13.1 Å². The Hall–Kier alpha value is -7.17. The third-order valence-corrected chi connectivity index (χ3v) is 10.2. The molecule has 0 saturated carbocycles. The van der Waals surface area contributed by atoms with Gasteiger partial charge in [-0.3, -0.25) is 57.7 Å². The molecule has 0 aromatic carbocycles. The Morgan fingerprint density at radius 3 is 1.04 bits per heavy atom. The molecule has 11 atom stereocenters. The van der Waals surface area contributed by atoms with Gasteiger partial charge in [-0.25, -0.2) is 4.79 Å². The monoisotopic (exact) mass is 1000 g/mol. The zero-order valence-corrected chi connectivity index (χ0v) is 40.8. The van der Waals surface area contributed by atoms with Gasteiger partial charge in [-0.05, 0) is 100 Å². The van der Waals surface area contributed by atoms with Gasteiger partial charge in [0.05, 0.1) is 6.04 Å². The van der Waals surface area contributed by atoms with Crippen LogP contribution in [0.15, 0.2) is 4.99 Å². The van der Waals surface area contributed by atoms with E-state index in [4.69, 9.17) is 22.9 Å². The second-order valence-electron chi connectivity index (χ2n) is 16.6. The van der Waals surface area contributed by atoms with Crippen molar-refractivity contribution in [2.24, 2.45) is 27.9 Å². The Balaban J connectivity index is 5.27. The summed E-state index contributed by atoms with van der Waals surface area (Å²) < 4.78 is 0. The number of rotatable bonds is 32. The number of amides is 10. The van der Waals surface area contributed by atoms with Gasteiger partial charge in [0.2, 0.25) is 59.1 Å². The number of carboxylic acids is 2. The molecule has 10 amide bonds. The molecule has 0 fully saturated rings. The van der Waals surface area contributed by atoms with Gasteiger partial charge in [-0.15, -0.1) is 0 Å². The van der Waals surface area contributed by atoms with Crippen molar-refractivity contribution in [3.05, 3.63) is 0 Å². The van der Waals surface area contributed by atoms with E-state index < -0.39 is 150 Å². The molecule has 0 unspecified atom stereocenters. The molecule has 0 saturated heterocycles. The van der Waals surface area contributed by atoms with Gasteiger partial charge in [0, 0.05) is 13.0 Å². The summed E-state index contributed by atoms with van der Waals surface area (Å²) in [7, 11) is 0. The molecule has 20 N–H and O–H groups in total. The normalized spacial score (nSPS) is 15.5. The minimum Gasteiger partial charge on any atom is -0.481 e. The lowest BCUT2D eigenvalue weighted by molar-refractivity contribution is -0.142. The third kappa shape index (κ3) is 24.7. The number of nitrogens with one attached hydrogen (secondary N) is 10. The maximum Gasteiger partial charge on any atom is 0.326 e. The van der Waals surface area contributed by atoms with Crippen LogP contribution in [0.25, 0.3) is 0 Å². The molecule has 0 radical (unpaired) electrons. The summed E-state index contributed by atoms with van der Waals surface area (Å²) in [6.07, 6.45) is 0.668. The molecular weight excluding hydrogens is 927 g/mol. The summed E-state index contributed by atoms with van der Waals surface area (Å²) >= 11 is 0. The maximum atomic E-state index is 13.3. The van der Waals surface area contributed by atoms with E-state index in [-0.39, 0.29) is 25.3 Å². The number of carbonyl (C=O) groups excluding carboxylic acids is 10. The number of guanidine groups is 1. The largest absolute Gasteiger partial charge is 0.481 e. The second-order valence-corrected chi connectivity index (χ2v) is 16.6. The first-order valence-electron chi connectivity index (χ1n) is 22.5. The SMILES string of the molecule is C[C@H](NC(=O)[C@H](C)NC(=O)[C@H](C)NC(=O)[C@H](CCC(=O)O)NC(=O)[C@H](C)NC(=O)[C@H](C)NC(=O)[C@H](C)NC(=O)[C@H](C)NC(=O)[C@@H](N)CCCN=C(N)N)C(=O)N[C@@H](C)C(=O)N[C@@H](CCCCN)C(=O)O. The highest BCUT2D eigenvalue weighted by Crippen LogP contribution is 2.04. The molecular formula is C41H73N15O14. The van der Waals surface area contributed by atoms with Crippen LogP contribution in [0, 0.1) is 0 Å². The van der Waals surface area contributed by atoms with Crippen LogP contribution in [-0.2, 0) is 57.5 Å². The number of hydrogen-bond acceptors (Lipinski definition) is 15. The van der Waals surface area contributed by atoms with Crippen molar-refractivity contribution in [1.82, 2.24) is 53.2 Å². The van der Waals surface area contributed by atoms with Crippen LogP contribution in [0.3, 0.4) is 0 Å². The first-order chi connectivity index (χ1) is 32.5. The van der Waals surface area contributed by atoms with Gasteiger partial charge < -0.3 is 86.3 Å². The van der Waals surface area contributed by atoms with E-state index in [9.17, 15) is 67.7 Å². The first kappa shape index (κ1) is 62.8. The van der Waals surface area contributed by atoms with E-state index in [0.29, 0.717) is 25.8 Å². The average Bonchev–Trinajstić information content (AvgIpc) is 3.27. The molecule has 0 aliphatic heterocycles. The molecule has 396 valence electrons. The van der Waals surface area contributed by atoms with Gasteiger partial charge in [0.15, 0.2) is 5.96 Å². The second kappa shape index (κ2) is 31.8. The number of nitrogens with two attached hydrogens (primary N) is 4. The summed E-state index contributed by atoms with van der Waals surface area (Å²) in [5.74, 6) is -11.1. The lowest BCUT2D eigenvalue weighted by Gasteiger charge is -2.25. The smallest absolute Gasteiger partial charge is 0.326 e. The topological polar surface area (TPSA) is 482 Å². The van der Waals surface area contributed by atoms with Crippen molar-refractivity contribution < 1.29 is 67.7 Å². The maximum absolute atomic E-state index is 13.3. The summed E-state index contributed by atoms with van der Waals surface area (Å²) in [4.78, 5) is 155. The fourth-order valence-electron chi connectivity index (χ4n) is 5.72. The summed E-state index contributed by atoms with van der Waals surface area (Å²) in [6.45, 7) is 10.9. The molecule has 0 heterocycles. The number of carbonyl (C=O) groups is 12. The Labute approximate surface area is 405 Å². The zero-order valence-electron chi connectivity index (χ0n) is 40.8. The molecule has 29 nitrogen and oxygen atoms in total. The number of carboxylic acid groups (broad SMARTS) is 2. The van der Waals surface area contributed by atoms with Gasteiger partial charge in [0.25, 0.3) is 0 Å². The summed E-state index contributed by atoms with van der Waals surface area (Å²) in [5.41, 5.74) is 21.8. The number of nitrogens with zero attached hydrogens (tertiary/aromatic N) is 1. The highest BCUT2D eigenvalue weighted by atomic mass is 16.4. The standard InChI is InChI=1S/C41H73N15O14/c1-18(49-34(63)22(5)53-38(67)26(43)12-11-17-46-41(44)45)30(59)47-20(3)32(61)51-24(7)36(65)55-27(14-15-29(57)58)39(68)54-23(6)35(64)50-19(2)31(60)48-21(4)33(62)52-25(8)37(66)56-28(40(69)70)13-9-10-16-42/h18-28H,9-17,42-43H2,1-8H3,(H,47,59)(H,48,60)(H,49,63)(H,50,64)(H,51,61)(H,52,62)(H,53,67)(H,54,68)(H,55,65)(H,56,66)(H,57,58)(H,69,70)(H4,44,45,46)/t18-,19-,20-,21-,22-,23-,24-,25-,26-,27-,28-/m0/s1. The predicted octanol–water partition coefficient (Wildman–Crippen LogP) is -6.55. The lowest BCUT2D eigenvalue weighted by atomic mass is 10.1. The van der Waals surface area contributed by atoms with Crippen LogP contribution in [0.1, 0.15) is 100 Å². The van der Waals surface area contributed by atoms with Gasteiger partial charge in [-0.1, -0.05) is 0 Å².